The summed E-state index contributed by atoms with van der Waals surface area (Å²) in [5.74, 6) is 0. The molecular formula is C9H19F3N2O. The normalized spacial score (nSPS) is 12.4. The van der Waals surface area contributed by atoms with E-state index in [1.54, 1.807) is 0 Å². The number of halogens is 3. The first kappa shape index (κ1) is 14.7. The van der Waals surface area contributed by atoms with Gasteiger partial charge in [0.15, 0.2) is 0 Å². The molecule has 0 aromatic carbocycles. The van der Waals surface area contributed by atoms with Crippen molar-refractivity contribution in [3.05, 3.63) is 0 Å². The maximum atomic E-state index is 12.1. The highest BCUT2D eigenvalue weighted by Gasteiger charge is 2.29. The first-order chi connectivity index (χ1) is 6.99. The molecule has 0 aliphatic heterocycles. The summed E-state index contributed by atoms with van der Waals surface area (Å²) < 4.78 is 41.3. The summed E-state index contributed by atoms with van der Waals surface area (Å²) in [6, 6.07) is 0. The van der Waals surface area contributed by atoms with Crippen LogP contribution in [-0.4, -0.2) is 50.5 Å². The Bertz CT molecular complexity index is 153. The second-order valence-electron chi connectivity index (χ2n) is 3.23. The highest BCUT2D eigenvalue weighted by atomic mass is 19.4. The molecule has 0 aliphatic rings. The van der Waals surface area contributed by atoms with E-state index >= 15 is 0 Å². The summed E-state index contributed by atoms with van der Waals surface area (Å²) >= 11 is 0. The third-order valence-electron chi connectivity index (χ3n) is 1.82. The molecule has 0 unspecified atom stereocenters. The molecule has 0 amide bonds. The SMILES string of the molecule is CCOCCCN(CCN)CC(F)(F)F. The van der Waals surface area contributed by atoms with Gasteiger partial charge >= 0.3 is 6.18 Å². The Kier molecular flexibility index (Phi) is 7.72. The second-order valence-corrected chi connectivity index (χ2v) is 3.23. The Morgan fingerprint density at radius 1 is 1.27 bits per heavy atom. The molecule has 0 radical (unpaired) electrons. The zero-order chi connectivity index (χ0) is 11.7. The molecule has 0 aromatic rings. The summed E-state index contributed by atoms with van der Waals surface area (Å²) in [5, 5.41) is 0. The monoisotopic (exact) mass is 228 g/mol. The van der Waals surface area contributed by atoms with E-state index in [0.717, 1.165) is 0 Å². The van der Waals surface area contributed by atoms with Crippen molar-refractivity contribution < 1.29 is 17.9 Å². The van der Waals surface area contributed by atoms with Gasteiger partial charge in [0.1, 0.15) is 0 Å². The Balaban J connectivity index is 3.73. The van der Waals surface area contributed by atoms with Crippen molar-refractivity contribution in [1.82, 2.24) is 4.90 Å². The van der Waals surface area contributed by atoms with Crippen molar-refractivity contribution in [1.29, 1.82) is 0 Å². The smallest absolute Gasteiger partial charge is 0.382 e. The lowest BCUT2D eigenvalue weighted by molar-refractivity contribution is -0.146. The van der Waals surface area contributed by atoms with E-state index in [1.165, 1.54) is 4.90 Å². The fraction of sp³-hybridized carbons (Fsp3) is 1.00. The summed E-state index contributed by atoms with van der Waals surface area (Å²) in [7, 11) is 0. The minimum atomic E-state index is -4.15. The van der Waals surface area contributed by atoms with Crippen molar-refractivity contribution in [2.45, 2.75) is 19.5 Å². The van der Waals surface area contributed by atoms with Crippen LogP contribution in [0.4, 0.5) is 13.2 Å². The summed E-state index contributed by atoms with van der Waals surface area (Å²) in [4.78, 5) is 1.30. The van der Waals surface area contributed by atoms with Crippen LogP contribution in [0.1, 0.15) is 13.3 Å². The van der Waals surface area contributed by atoms with Gasteiger partial charge < -0.3 is 10.5 Å². The maximum absolute atomic E-state index is 12.1. The van der Waals surface area contributed by atoms with Gasteiger partial charge in [0.25, 0.3) is 0 Å². The van der Waals surface area contributed by atoms with Crippen LogP contribution in [0.5, 0.6) is 0 Å². The molecular weight excluding hydrogens is 209 g/mol. The zero-order valence-corrected chi connectivity index (χ0v) is 9.02. The van der Waals surface area contributed by atoms with E-state index in [2.05, 4.69) is 0 Å². The minimum absolute atomic E-state index is 0.241. The van der Waals surface area contributed by atoms with Crippen LogP contribution in [0.25, 0.3) is 0 Å². The summed E-state index contributed by atoms with van der Waals surface area (Å²) in [5.41, 5.74) is 5.24. The van der Waals surface area contributed by atoms with E-state index in [1.807, 2.05) is 6.92 Å². The van der Waals surface area contributed by atoms with Crippen LogP contribution < -0.4 is 5.73 Å². The lowest BCUT2D eigenvalue weighted by Crippen LogP contribution is -2.38. The van der Waals surface area contributed by atoms with Crippen molar-refractivity contribution >= 4 is 0 Å². The van der Waals surface area contributed by atoms with Gasteiger partial charge in [0, 0.05) is 32.8 Å². The van der Waals surface area contributed by atoms with E-state index in [9.17, 15) is 13.2 Å². The average molecular weight is 228 g/mol. The topological polar surface area (TPSA) is 38.5 Å². The fourth-order valence-corrected chi connectivity index (χ4v) is 1.24. The molecule has 92 valence electrons. The highest BCUT2D eigenvalue weighted by molar-refractivity contribution is 4.63. The molecule has 3 nitrogen and oxygen atoms in total. The summed E-state index contributed by atoms with van der Waals surface area (Å²) in [6.45, 7) is 2.93. The fourth-order valence-electron chi connectivity index (χ4n) is 1.24. The first-order valence-corrected chi connectivity index (χ1v) is 5.06. The van der Waals surface area contributed by atoms with Gasteiger partial charge in [-0.2, -0.15) is 13.2 Å². The second kappa shape index (κ2) is 7.90. The molecule has 15 heavy (non-hydrogen) atoms. The van der Waals surface area contributed by atoms with Crippen LogP contribution in [0.3, 0.4) is 0 Å². The average Bonchev–Trinajstić information content (AvgIpc) is 2.10. The molecule has 0 aliphatic carbocycles. The zero-order valence-electron chi connectivity index (χ0n) is 9.02. The van der Waals surface area contributed by atoms with Crippen LogP contribution in [0.2, 0.25) is 0 Å². The number of rotatable bonds is 8. The van der Waals surface area contributed by atoms with Crippen LogP contribution >= 0.6 is 0 Å². The van der Waals surface area contributed by atoms with Crippen LogP contribution in [-0.2, 0) is 4.74 Å². The number of nitrogens with zero attached hydrogens (tertiary/aromatic N) is 1. The number of alkyl halides is 3. The van der Waals surface area contributed by atoms with E-state index in [-0.39, 0.29) is 13.1 Å². The van der Waals surface area contributed by atoms with Gasteiger partial charge in [0.05, 0.1) is 6.54 Å². The summed E-state index contributed by atoms with van der Waals surface area (Å²) in [6.07, 6.45) is -3.55. The molecule has 0 fully saturated rings. The Hall–Kier alpha value is -0.330. The van der Waals surface area contributed by atoms with Crippen molar-refractivity contribution in [3.8, 4) is 0 Å². The lowest BCUT2D eigenvalue weighted by Gasteiger charge is -2.22. The van der Waals surface area contributed by atoms with Crippen LogP contribution in [0.15, 0.2) is 0 Å². The largest absolute Gasteiger partial charge is 0.401 e. The quantitative estimate of drug-likeness (QED) is 0.635. The van der Waals surface area contributed by atoms with E-state index in [0.29, 0.717) is 26.2 Å². The third-order valence-corrected chi connectivity index (χ3v) is 1.82. The number of hydrogen-bond acceptors (Lipinski definition) is 3. The van der Waals surface area contributed by atoms with Crippen molar-refractivity contribution in [2.75, 3.05) is 39.4 Å². The van der Waals surface area contributed by atoms with Crippen molar-refractivity contribution in [2.24, 2.45) is 5.73 Å². The lowest BCUT2D eigenvalue weighted by atomic mass is 10.3. The number of ether oxygens (including phenoxy) is 1. The van der Waals surface area contributed by atoms with E-state index < -0.39 is 12.7 Å². The van der Waals surface area contributed by atoms with Gasteiger partial charge in [-0.25, -0.2) is 0 Å². The molecule has 0 aromatic heterocycles. The molecule has 0 rings (SSSR count). The molecule has 0 spiro atoms. The Labute approximate surface area is 88.4 Å². The minimum Gasteiger partial charge on any atom is -0.382 e. The van der Waals surface area contributed by atoms with Gasteiger partial charge in [-0.15, -0.1) is 0 Å². The van der Waals surface area contributed by atoms with Crippen molar-refractivity contribution in [3.63, 3.8) is 0 Å². The Morgan fingerprint density at radius 3 is 2.40 bits per heavy atom. The van der Waals surface area contributed by atoms with E-state index in [4.69, 9.17) is 10.5 Å². The molecule has 0 bridgehead atoms. The van der Waals surface area contributed by atoms with Gasteiger partial charge in [-0.3, -0.25) is 4.90 Å². The van der Waals surface area contributed by atoms with Gasteiger partial charge in [0.2, 0.25) is 0 Å². The predicted molar refractivity (Wildman–Crippen MR) is 52.7 cm³/mol. The molecule has 0 heterocycles. The Morgan fingerprint density at radius 2 is 1.93 bits per heavy atom. The van der Waals surface area contributed by atoms with Gasteiger partial charge in [-0.05, 0) is 13.3 Å². The maximum Gasteiger partial charge on any atom is 0.401 e. The molecule has 0 saturated heterocycles. The molecule has 0 atom stereocenters. The predicted octanol–water partition coefficient (Wildman–Crippen LogP) is 1.24. The number of nitrogens with two attached hydrogens (primary N) is 1. The molecule has 2 N–H and O–H groups in total. The third kappa shape index (κ3) is 9.96. The molecule has 6 heteroatoms. The highest BCUT2D eigenvalue weighted by Crippen LogP contribution is 2.16. The standard InChI is InChI=1S/C9H19F3N2O/c1-2-15-7-3-5-14(6-4-13)8-9(10,11)12/h2-8,13H2,1H3. The van der Waals surface area contributed by atoms with Gasteiger partial charge in [-0.1, -0.05) is 0 Å². The first-order valence-electron chi connectivity index (χ1n) is 5.06. The van der Waals surface area contributed by atoms with Crippen LogP contribution in [0, 0.1) is 0 Å². The molecule has 0 saturated carbocycles. The number of hydrogen-bond donors (Lipinski definition) is 1.